The lowest BCUT2D eigenvalue weighted by Gasteiger charge is -2.48. The van der Waals surface area contributed by atoms with Crippen LogP contribution in [0.3, 0.4) is 0 Å². The van der Waals surface area contributed by atoms with Crippen LogP contribution in [0.1, 0.15) is 66.5 Å². The van der Waals surface area contributed by atoms with Crippen molar-refractivity contribution in [2.45, 2.75) is 57.7 Å². The van der Waals surface area contributed by atoms with Crippen molar-refractivity contribution in [1.29, 1.82) is 0 Å². The van der Waals surface area contributed by atoms with Gasteiger partial charge in [-0.3, -0.25) is 24.6 Å². The van der Waals surface area contributed by atoms with Gasteiger partial charge >= 0.3 is 0 Å². The molecular formula is C20H23F2N3O3. The standard InChI is InChI=1S/C20H23F2N3O3/c1-20(2,3)24-7-10(8-24)16-13(21)6-11-12(17(16)22)9-25(19(11)28)14-4-5-15(26)23-18(14)27/h6,10,14H,4-5,7-9H2,1-3H3,(H,23,26,27)/t14-/m1/s1/i7D2,8D2. The first-order valence-electron chi connectivity index (χ1n) is 11.1. The van der Waals surface area contributed by atoms with Gasteiger partial charge in [-0.05, 0) is 33.3 Å². The summed E-state index contributed by atoms with van der Waals surface area (Å²) in [5.74, 6) is -6.11. The Labute approximate surface area is 167 Å². The predicted molar refractivity (Wildman–Crippen MR) is 96.5 cm³/mol. The Kier molecular flexibility index (Phi) is 3.31. The number of fused-ring (bicyclic) bond motifs is 1. The number of nitrogens with one attached hydrogen (secondary N) is 1. The van der Waals surface area contributed by atoms with E-state index in [0.29, 0.717) is 0 Å². The van der Waals surface area contributed by atoms with Crippen LogP contribution in [-0.2, 0) is 16.1 Å². The number of carbonyl (C=O) groups excluding carboxylic acids is 3. The fraction of sp³-hybridized carbons (Fsp3) is 0.550. The number of nitrogens with zero attached hydrogens (tertiary/aromatic N) is 2. The van der Waals surface area contributed by atoms with Crippen molar-refractivity contribution in [2.24, 2.45) is 0 Å². The van der Waals surface area contributed by atoms with E-state index in [0.717, 1.165) is 15.9 Å². The lowest BCUT2D eigenvalue weighted by atomic mass is 9.85. The average molecular weight is 395 g/mol. The molecule has 3 heterocycles. The van der Waals surface area contributed by atoms with Crippen molar-refractivity contribution in [1.82, 2.24) is 15.1 Å². The molecule has 1 aromatic rings. The van der Waals surface area contributed by atoms with E-state index >= 15 is 8.78 Å². The molecule has 0 radical (unpaired) electrons. The first kappa shape index (κ1) is 14.6. The molecule has 4 rings (SSSR count). The number of hydrogen-bond donors (Lipinski definition) is 1. The molecule has 0 saturated carbocycles. The van der Waals surface area contributed by atoms with Gasteiger partial charge in [0.15, 0.2) is 0 Å². The molecule has 3 aliphatic rings. The van der Waals surface area contributed by atoms with E-state index in [4.69, 9.17) is 5.48 Å². The monoisotopic (exact) mass is 395 g/mol. The number of benzene rings is 1. The van der Waals surface area contributed by atoms with Crippen molar-refractivity contribution >= 4 is 17.7 Å². The Morgan fingerprint density at radius 1 is 1.21 bits per heavy atom. The largest absolute Gasteiger partial charge is 0.322 e. The number of likely N-dealkylation sites (tertiary alicyclic amines) is 1. The highest BCUT2D eigenvalue weighted by Gasteiger charge is 2.43. The van der Waals surface area contributed by atoms with Crippen LogP contribution in [0.25, 0.3) is 0 Å². The quantitative estimate of drug-likeness (QED) is 0.777. The number of halogens is 2. The van der Waals surface area contributed by atoms with Gasteiger partial charge in [0, 0.05) is 47.5 Å². The Bertz CT molecular complexity index is 1040. The Hall–Kier alpha value is -2.35. The molecule has 0 bridgehead atoms. The lowest BCUT2D eigenvalue weighted by molar-refractivity contribution is -0.136. The van der Waals surface area contributed by atoms with E-state index in [1.165, 1.54) is 0 Å². The van der Waals surface area contributed by atoms with Gasteiger partial charge in [-0.15, -0.1) is 0 Å². The minimum atomic E-state index is -2.39. The third kappa shape index (κ3) is 2.90. The number of rotatable bonds is 2. The molecule has 3 amide bonds. The van der Waals surface area contributed by atoms with Crippen LogP contribution in [0, 0.1) is 11.6 Å². The maximum atomic E-state index is 15.6. The van der Waals surface area contributed by atoms with Crippen LogP contribution in [0.5, 0.6) is 0 Å². The zero-order valence-electron chi connectivity index (χ0n) is 19.7. The molecule has 0 aromatic heterocycles. The molecule has 6 nitrogen and oxygen atoms in total. The van der Waals surface area contributed by atoms with Gasteiger partial charge in [0.2, 0.25) is 11.8 Å². The van der Waals surface area contributed by atoms with Crippen LogP contribution in [-0.4, -0.2) is 52.1 Å². The third-order valence-corrected chi connectivity index (χ3v) is 5.24. The van der Waals surface area contributed by atoms with Crippen LogP contribution in [0.2, 0.25) is 0 Å². The summed E-state index contributed by atoms with van der Waals surface area (Å²) in [6.45, 7) is -0.325. The number of piperidine rings is 1. The van der Waals surface area contributed by atoms with Crippen molar-refractivity contribution in [2.75, 3.05) is 13.0 Å². The zero-order chi connectivity index (χ0) is 24.0. The van der Waals surface area contributed by atoms with Crippen molar-refractivity contribution in [3.63, 3.8) is 0 Å². The molecule has 1 aromatic carbocycles. The van der Waals surface area contributed by atoms with Crippen LogP contribution >= 0.6 is 0 Å². The van der Waals surface area contributed by atoms with Gasteiger partial charge in [-0.2, -0.15) is 0 Å². The Morgan fingerprint density at radius 2 is 1.89 bits per heavy atom. The van der Waals surface area contributed by atoms with E-state index in [9.17, 15) is 14.4 Å². The highest BCUT2D eigenvalue weighted by Crippen LogP contribution is 2.39. The van der Waals surface area contributed by atoms with Crippen LogP contribution < -0.4 is 5.32 Å². The van der Waals surface area contributed by atoms with Crippen LogP contribution in [0.4, 0.5) is 8.78 Å². The highest BCUT2D eigenvalue weighted by atomic mass is 19.1. The Balaban J connectivity index is 1.74. The normalized spacial score (nSPS) is 29.4. The fourth-order valence-electron chi connectivity index (χ4n) is 3.69. The second kappa shape index (κ2) is 6.34. The highest BCUT2D eigenvalue weighted by molar-refractivity contribution is 6.05. The smallest absolute Gasteiger partial charge is 0.255 e. The molecule has 8 heteroatoms. The van der Waals surface area contributed by atoms with E-state index < -0.39 is 65.4 Å². The number of amides is 3. The van der Waals surface area contributed by atoms with E-state index in [-0.39, 0.29) is 30.5 Å². The summed E-state index contributed by atoms with van der Waals surface area (Å²) in [6, 6.07) is -0.232. The first-order chi connectivity index (χ1) is 14.6. The summed E-state index contributed by atoms with van der Waals surface area (Å²) in [5, 5.41) is 2.12. The SMILES string of the molecule is [2H]C1([2H])C(c2c(F)cc3c(c2F)CN([C@@H]2CCC(=O)NC2=O)C3=O)C([2H])([2H])N1C(C)(C)C. The second-order valence-corrected chi connectivity index (χ2v) is 8.21. The minimum absolute atomic E-state index is 0.00372. The second-order valence-electron chi connectivity index (χ2n) is 8.21. The summed E-state index contributed by atoms with van der Waals surface area (Å²) in [6.07, 6.45) is 0.0549. The molecule has 1 N–H and O–H groups in total. The van der Waals surface area contributed by atoms with Gasteiger partial charge in [0.05, 0.1) is 12.1 Å². The topological polar surface area (TPSA) is 69.7 Å². The van der Waals surface area contributed by atoms with Crippen molar-refractivity contribution < 1.29 is 28.6 Å². The first-order valence-corrected chi connectivity index (χ1v) is 9.06. The van der Waals surface area contributed by atoms with Crippen molar-refractivity contribution in [3.05, 3.63) is 34.4 Å². The zero-order valence-corrected chi connectivity index (χ0v) is 15.7. The number of hydrogen-bond acceptors (Lipinski definition) is 4. The maximum absolute atomic E-state index is 15.6. The van der Waals surface area contributed by atoms with Gasteiger partial charge in [-0.1, -0.05) is 0 Å². The predicted octanol–water partition coefficient (Wildman–Crippen LogP) is 1.92. The van der Waals surface area contributed by atoms with Gasteiger partial charge in [0.25, 0.3) is 5.91 Å². The molecule has 150 valence electrons. The average Bonchev–Trinajstić information content (AvgIpc) is 2.93. The van der Waals surface area contributed by atoms with Gasteiger partial charge in [0.1, 0.15) is 17.7 Å². The minimum Gasteiger partial charge on any atom is -0.322 e. The summed E-state index contributed by atoms with van der Waals surface area (Å²) >= 11 is 0. The molecule has 1 atom stereocenters. The molecule has 0 unspecified atom stereocenters. The summed E-state index contributed by atoms with van der Waals surface area (Å²) in [5.41, 5.74) is -2.21. The maximum Gasteiger partial charge on any atom is 0.255 e. The number of imide groups is 1. The summed E-state index contributed by atoms with van der Waals surface area (Å²) < 4.78 is 64.1. The van der Waals surface area contributed by atoms with Gasteiger partial charge < -0.3 is 4.90 Å². The molecule has 0 aliphatic carbocycles. The molecule has 0 spiro atoms. The van der Waals surface area contributed by atoms with E-state index in [1.807, 2.05) is 0 Å². The molecule has 2 saturated heterocycles. The van der Waals surface area contributed by atoms with Gasteiger partial charge in [-0.25, -0.2) is 8.78 Å². The third-order valence-electron chi connectivity index (χ3n) is 5.24. The lowest BCUT2D eigenvalue weighted by Crippen LogP contribution is -2.55. The van der Waals surface area contributed by atoms with E-state index in [2.05, 4.69) is 5.32 Å². The summed E-state index contributed by atoms with van der Waals surface area (Å²) in [4.78, 5) is 38.4. The van der Waals surface area contributed by atoms with E-state index in [1.54, 1.807) is 20.8 Å². The Morgan fingerprint density at radius 3 is 2.50 bits per heavy atom. The molecular weight excluding hydrogens is 368 g/mol. The number of carbonyl (C=O) groups is 3. The van der Waals surface area contributed by atoms with Crippen LogP contribution in [0.15, 0.2) is 6.07 Å². The molecule has 3 aliphatic heterocycles. The fourth-order valence-corrected chi connectivity index (χ4v) is 3.69. The molecule has 2 fully saturated rings. The molecule has 28 heavy (non-hydrogen) atoms. The van der Waals surface area contributed by atoms with Crippen molar-refractivity contribution in [3.8, 4) is 0 Å². The summed E-state index contributed by atoms with van der Waals surface area (Å²) in [7, 11) is 0.